The van der Waals surface area contributed by atoms with Gasteiger partial charge in [0.25, 0.3) is 0 Å². The summed E-state index contributed by atoms with van der Waals surface area (Å²) < 4.78 is 27.2. The number of hydrogen-bond acceptors (Lipinski definition) is 3. The predicted octanol–water partition coefficient (Wildman–Crippen LogP) is 4.45. The molecule has 6 heteroatoms. The van der Waals surface area contributed by atoms with Crippen LogP contribution in [0.2, 0.25) is 0 Å². The third kappa shape index (κ3) is 5.51. The van der Waals surface area contributed by atoms with Crippen LogP contribution in [0.25, 0.3) is 10.8 Å². The number of nitrogens with one attached hydrogen (secondary N) is 1. The van der Waals surface area contributed by atoms with Crippen LogP contribution in [-0.4, -0.2) is 37.5 Å². The van der Waals surface area contributed by atoms with E-state index in [4.69, 9.17) is 0 Å². The summed E-state index contributed by atoms with van der Waals surface area (Å²) in [5.41, 5.74) is 1.88. The third-order valence-electron chi connectivity index (χ3n) is 5.88. The minimum Gasteiger partial charge on any atom is -0.326 e. The standard InChI is InChI=1S/C25H28N2O3S/c28-25(26-24-15-14-21-11-4-5-12-22(21)18-24)23-13-6-16-27(19-23)31(29,30)17-7-10-20-8-2-1-3-9-20/h1-5,8-9,11-12,14-15,18,23H,6-7,10,13,16-17,19H2,(H,26,28). The molecule has 3 aromatic carbocycles. The number of nitrogens with zero attached hydrogens (tertiary/aromatic N) is 1. The first-order valence-electron chi connectivity index (χ1n) is 10.8. The molecule has 1 atom stereocenters. The highest BCUT2D eigenvalue weighted by Gasteiger charge is 2.32. The molecule has 1 aliphatic rings. The van der Waals surface area contributed by atoms with Crippen LogP contribution in [0.5, 0.6) is 0 Å². The Hall–Kier alpha value is -2.70. The summed E-state index contributed by atoms with van der Waals surface area (Å²) in [6, 6.07) is 23.7. The highest BCUT2D eigenvalue weighted by atomic mass is 32.2. The molecule has 0 aromatic heterocycles. The number of amides is 1. The van der Waals surface area contributed by atoms with Gasteiger partial charge in [-0.1, -0.05) is 60.7 Å². The Morgan fingerprint density at radius 2 is 1.71 bits per heavy atom. The van der Waals surface area contributed by atoms with Gasteiger partial charge in [0.15, 0.2) is 0 Å². The molecule has 4 rings (SSSR count). The van der Waals surface area contributed by atoms with Gasteiger partial charge in [-0.2, -0.15) is 0 Å². The Bertz CT molecular complexity index is 1150. The summed E-state index contributed by atoms with van der Waals surface area (Å²) in [6.45, 7) is 0.751. The van der Waals surface area contributed by atoms with Crippen molar-refractivity contribution in [2.24, 2.45) is 5.92 Å². The molecule has 1 aliphatic heterocycles. The molecular formula is C25H28N2O3S. The van der Waals surface area contributed by atoms with E-state index in [9.17, 15) is 13.2 Å². The fraction of sp³-hybridized carbons (Fsp3) is 0.320. The summed E-state index contributed by atoms with van der Waals surface area (Å²) in [6.07, 6.45) is 2.72. The summed E-state index contributed by atoms with van der Waals surface area (Å²) >= 11 is 0. The number of benzene rings is 3. The van der Waals surface area contributed by atoms with Crippen molar-refractivity contribution in [2.45, 2.75) is 25.7 Å². The highest BCUT2D eigenvalue weighted by molar-refractivity contribution is 7.89. The van der Waals surface area contributed by atoms with Crippen LogP contribution in [0, 0.1) is 5.92 Å². The van der Waals surface area contributed by atoms with Gasteiger partial charge in [0.2, 0.25) is 15.9 Å². The van der Waals surface area contributed by atoms with Gasteiger partial charge in [0, 0.05) is 18.8 Å². The number of aryl methyl sites for hydroxylation is 1. The quantitative estimate of drug-likeness (QED) is 0.595. The molecule has 0 aliphatic carbocycles. The van der Waals surface area contributed by atoms with Crippen LogP contribution in [0.15, 0.2) is 72.8 Å². The second-order valence-electron chi connectivity index (χ2n) is 8.15. The molecule has 31 heavy (non-hydrogen) atoms. The number of piperidine rings is 1. The predicted molar refractivity (Wildman–Crippen MR) is 125 cm³/mol. The Morgan fingerprint density at radius 1 is 0.968 bits per heavy atom. The smallest absolute Gasteiger partial charge is 0.228 e. The van der Waals surface area contributed by atoms with E-state index in [2.05, 4.69) is 5.32 Å². The Kier molecular flexibility index (Phi) is 6.68. The summed E-state index contributed by atoms with van der Waals surface area (Å²) in [7, 11) is -3.37. The van der Waals surface area contributed by atoms with Gasteiger partial charge in [0.05, 0.1) is 11.7 Å². The van der Waals surface area contributed by atoms with Crippen molar-refractivity contribution >= 4 is 32.4 Å². The van der Waals surface area contributed by atoms with E-state index >= 15 is 0 Å². The van der Waals surface area contributed by atoms with Gasteiger partial charge >= 0.3 is 0 Å². The largest absolute Gasteiger partial charge is 0.326 e. The molecule has 0 saturated carbocycles. The van der Waals surface area contributed by atoms with E-state index < -0.39 is 10.0 Å². The van der Waals surface area contributed by atoms with Crippen molar-refractivity contribution in [3.63, 3.8) is 0 Å². The zero-order chi connectivity index (χ0) is 21.7. The van der Waals surface area contributed by atoms with Crippen LogP contribution in [0.4, 0.5) is 5.69 Å². The number of carbonyl (C=O) groups is 1. The van der Waals surface area contributed by atoms with Gasteiger partial charge < -0.3 is 5.32 Å². The van der Waals surface area contributed by atoms with Crippen molar-refractivity contribution < 1.29 is 13.2 Å². The van der Waals surface area contributed by atoms with Crippen molar-refractivity contribution in [2.75, 3.05) is 24.2 Å². The number of sulfonamides is 1. The molecule has 5 nitrogen and oxygen atoms in total. The lowest BCUT2D eigenvalue weighted by molar-refractivity contribution is -0.120. The maximum atomic E-state index is 12.8. The van der Waals surface area contributed by atoms with E-state index in [-0.39, 0.29) is 24.1 Å². The van der Waals surface area contributed by atoms with E-state index in [1.807, 2.05) is 72.8 Å². The third-order valence-corrected chi connectivity index (χ3v) is 7.80. The molecule has 0 spiro atoms. The summed E-state index contributed by atoms with van der Waals surface area (Å²) in [4.78, 5) is 12.8. The molecule has 0 bridgehead atoms. The zero-order valence-electron chi connectivity index (χ0n) is 17.5. The lowest BCUT2D eigenvalue weighted by Crippen LogP contribution is -2.44. The Labute approximate surface area is 184 Å². The fourth-order valence-electron chi connectivity index (χ4n) is 4.15. The topological polar surface area (TPSA) is 66.5 Å². The van der Waals surface area contributed by atoms with Gasteiger partial charge in [-0.05, 0) is 54.2 Å². The van der Waals surface area contributed by atoms with Crippen molar-refractivity contribution in [1.82, 2.24) is 4.31 Å². The van der Waals surface area contributed by atoms with Crippen molar-refractivity contribution in [3.05, 3.63) is 78.4 Å². The SMILES string of the molecule is O=C(Nc1ccc2ccccc2c1)C1CCCN(S(=O)(=O)CCCc2ccccc2)C1. The molecule has 3 aromatic rings. The zero-order valence-corrected chi connectivity index (χ0v) is 18.4. The van der Waals surface area contributed by atoms with Gasteiger partial charge in [-0.15, -0.1) is 0 Å². The van der Waals surface area contributed by atoms with Crippen LogP contribution >= 0.6 is 0 Å². The van der Waals surface area contributed by atoms with Crippen LogP contribution in [0.1, 0.15) is 24.8 Å². The first-order valence-corrected chi connectivity index (χ1v) is 12.4. The minimum absolute atomic E-state index is 0.112. The number of fused-ring (bicyclic) bond motifs is 1. The van der Waals surface area contributed by atoms with Gasteiger partial charge in [-0.25, -0.2) is 12.7 Å². The van der Waals surface area contributed by atoms with E-state index in [0.717, 1.165) is 28.4 Å². The molecule has 1 fully saturated rings. The second kappa shape index (κ2) is 9.62. The van der Waals surface area contributed by atoms with Crippen LogP contribution in [-0.2, 0) is 21.2 Å². The van der Waals surface area contributed by atoms with Crippen molar-refractivity contribution in [1.29, 1.82) is 0 Å². The van der Waals surface area contributed by atoms with E-state index in [0.29, 0.717) is 25.8 Å². The maximum absolute atomic E-state index is 12.8. The molecule has 1 N–H and O–H groups in total. The molecule has 1 amide bonds. The lowest BCUT2D eigenvalue weighted by atomic mass is 9.98. The first-order chi connectivity index (χ1) is 15.0. The molecule has 0 radical (unpaired) electrons. The lowest BCUT2D eigenvalue weighted by Gasteiger charge is -2.31. The molecule has 162 valence electrons. The minimum atomic E-state index is -3.37. The number of hydrogen-bond donors (Lipinski definition) is 1. The van der Waals surface area contributed by atoms with E-state index in [1.165, 1.54) is 4.31 Å². The highest BCUT2D eigenvalue weighted by Crippen LogP contribution is 2.23. The van der Waals surface area contributed by atoms with Crippen molar-refractivity contribution in [3.8, 4) is 0 Å². The molecule has 1 saturated heterocycles. The van der Waals surface area contributed by atoms with Gasteiger partial charge in [0.1, 0.15) is 0 Å². The van der Waals surface area contributed by atoms with E-state index in [1.54, 1.807) is 0 Å². The average Bonchev–Trinajstić information content (AvgIpc) is 2.80. The average molecular weight is 437 g/mol. The summed E-state index contributed by atoms with van der Waals surface area (Å²) in [5, 5.41) is 5.16. The molecule has 1 unspecified atom stereocenters. The second-order valence-corrected chi connectivity index (χ2v) is 10.2. The molecule has 1 heterocycles. The number of carbonyl (C=O) groups excluding carboxylic acids is 1. The Morgan fingerprint density at radius 3 is 2.52 bits per heavy atom. The summed E-state index contributed by atoms with van der Waals surface area (Å²) in [5.74, 6) is -0.329. The number of rotatable bonds is 7. The van der Waals surface area contributed by atoms with Crippen LogP contribution < -0.4 is 5.32 Å². The maximum Gasteiger partial charge on any atom is 0.228 e. The van der Waals surface area contributed by atoms with Crippen LogP contribution in [0.3, 0.4) is 0 Å². The normalized spacial score (nSPS) is 17.5. The van der Waals surface area contributed by atoms with Gasteiger partial charge in [-0.3, -0.25) is 4.79 Å². The molecular weight excluding hydrogens is 408 g/mol. The first kappa shape index (κ1) is 21.5. The number of anilines is 1. The monoisotopic (exact) mass is 436 g/mol. The Balaban J connectivity index is 1.34. The fourth-order valence-corrected chi connectivity index (χ4v) is 5.73.